The summed E-state index contributed by atoms with van der Waals surface area (Å²) in [5, 5.41) is 19.3. The first kappa shape index (κ1) is 82.3. The maximum absolute atomic E-state index is 13.3. The number of H-pyrrole nitrogens is 1. The summed E-state index contributed by atoms with van der Waals surface area (Å²) in [6, 6.07) is 31.6. The lowest BCUT2D eigenvalue weighted by Gasteiger charge is -2.40. The number of carbonyl (C=O) groups excluding carboxylic acids is 10. The van der Waals surface area contributed by atoms with Gasteiger partial charge in [-0.25, -0.2) is 24.2 Å². The molecule has 3 aliphatic rings. The predicted molar refractivity (Wildman–Crippen MR) is 397 cm³/mol. The summed E-state index contributed by atoms with van der Waals surface area (Å²) in [4.78, 5) is 146. The topological polar surface area (TPSA) is 408 Å². The fourth-order valence-corrected chi connectivity index (χ4v) is 11.9. The molecule has 0 aliphatic carbocycles. The molecule has 0 unspecified atom stereocenters. The highest BCUT2D eigenvalue weighted by Gasteiger charge is 2.46. The van der Waals surface area contributed by atoms with Gasteiger partial charge >= 0.3 is 24.4 Å². The molecule has 106 heavy (non-hydrogen) atoms. The molecule has 6 aromatic rings. The summed E-state index contributed by atoms with van der Waals surface area (Å²) in [6.07, 6.45) is 8.73. The van der Waals surface area contributed by atoms with Gasteiger partial charge in [-0.3, -0.25) is 54.7 Å². The van der Waals surface area contributed by atoms with Crippen molar-refractivity contribution in [1.29, 1.82) is 0 Å². The molecular weight excluding hydrogens is 1360 g/mol. The van der Waals surface area contributed by atoms with Crippen LogP contribution in [-0.2, 0) is 86.6 Å². The lowest BCUT2D eigenvalue weighted by atomic mass is 9.78. The second-order valence-corrected chi connectivity index (χ2v) is 27.2. The number of aromatic nitrogens is 4. The molecule has 6 heterocycles. The summed E-state index contributed by atoms with van der Waals surface area (Å²) in [5.74, 6) is -0.754. The van der Waals surface area contributed by atoms with Crippen molar-refractivity contribution in [2.75, 3.05) is 94.7 Å². The minimum absolute atomic E-state index is 0.0742. The maximum atomic E-state index is 13.3. The zero-order valence-electron chi connectivity index (χ0n) is 61.6. The van der Waals surface area contributed by atoms with Gasteiger partial charge < -0.3 is 71.4 Å². The number of nitrogens with one attached hydrogen (secondary N) is 8. The predicted octanol–water partition coefficient (Wildman–Crippen LogP) is 7.43. The number of ether oxygens (including phenoxy) is 4. The van der Waals surface area contributed by atoms with Gasteiger partial charge in [0.1, 0.15) is 37.8 Å². The van der Waals surface area contributed by atoms with Crippen molar-refractivity contribution >= 4 is 76.9 Å². The molecule has 30 heteroatoms. The van der Waals surface area contributed by atoms with Crippen LogP contribution in [0, 0.1) is 23.2 Å². The van der Waals surface area contributed by atoms with E-state index in [0.717, 1.165) is 52.9 Å². The van der Waals surface area contributed by atoms with Crippen LogP contribution in [0.3, 0.4) is 0 Å². The smallest absolute Gasteiger partial charge is 0.411 e. The van der Waals surface area contributed by atoms with Crippen LogP contribution in [0.1, 0.15) is 120 Å². The van der Waals surface area contributed by atoms with Crippen LogP contribution in [-0.4, -0.2) is 179 Å². The number of aryl methyl sites for hydroxylation is 4. The lowest BCUT2D eigenvalue weighted by Crippen LogP contribution is -2.54. The van der Waals surface area contributed by atoms with E-state index in [-0.39, 0.29) is 114 Å². The van der Waals surface area contributed by atoms with Crippen LogP contribution in [0.25, 0.3) is 0 Å². The Balaban J connectivity index is 0.000000223. The summed E-state index contributed by atoms with van der Waals surface area (Å²) in [5.41, 5.74) is 15.2. The van der Waals surface area contributed by atoms with Gasteiger partial charge in [-0.15, -0.1) is 0 Å². The number of pyridine rings is 2. The van der Waals surface area contributed by atoms with E-state index in [2.05, 4.69) is 71.0 Å². The molecule has 3 aromatic heterocycles. The van der Waals surface area contributed by atoms with Crippen LogP contribution < -0.4 is 48.7 Å². The Hall–Kier alpha value is -11.0. The molecule has 3 aliphatic heterocycles. The number of alkyl carbamates (subject to hydrolysis) is 1. The Bertz CT molecular complexity index is 3850. The van der Waals surface area contributed by atoms with E-state index in [9.17, 15) is 47.9 Å². The number of piperidine rings is 3. The Kier molecular flexibility index (Phi) is 31.3. The number of hydrogen-bond donors (Lipinski definition) is 10. The Labute approximate surface area is 618 Å². The third-order valence-electron chi connectivity index (χ3n) is 18.7. The molecule has 0 saturated carbocycles. The largest absolute Gasteiger partial charge is 0.448 e. The number of likely N-dealkylation sites (tertiary alicyclic amines) is 3. The molecule has 0 atom stereocenters. The van der Waals surface area contributed by atoms with E-state index in [1.807, 2.05) is 98.8 Å². The minimum atomic E-state index is -1.04. The van der Waals surface area contributed by atoms with Crippen molar-refractivity contribution < 1.29 is 66.9 Å². The van der Waals surface area contributed by atoms with Gasteiger partial charge in [-0.2, -0.15) is 0 Å². The third kappa shape index (κ3) is 25.4. The summed E-state index contributed by atoms with van der Waals surface area (Å²) in [7, 11) is 0. The number of rotatable bonds is 25. The third-order valence-corrected chi connectivity index (χ3v) is 18.7. The number of nitrogens with two attached hydrogens (primary N) is 2. The van der Waals surface area contributed by atoms with Crippen molar-refractivity contribution in [1.82, 2.24) is 55.9 Å². The highest BCUT2D eigenvalue weighted by atomic mass is 16.6. The Morgan fingerprint density at radius 1 is 0.462 bits per heavy atom. The fraction of sp³-hybridized carbons (Fsp3) is 0.461. The SMILES string of the molecule is CCc1ccc(NC(=O)OCC2(C(=O)NCc3ccccn3)CCN(C(=O)CN)CC2)cc1.CCc1ccc(NC(=O)OCC2(C(=O)NCc3cccnc3C)CCN(C(=O)CN)CC2)cc1.CCc1ccc(NC(=O)OCC2(C(=O)NCc3ncc[nH]3)CCN(C(=O)CNC(=O)OC(C)(C)C)CC2)cc1. The summed E-state index contributed by atoms with van der Waals surface area (Å²) < 4.78 is 21.7. The molecule has 0 spiro atoms. The Morgan fingerprint density at radius 3 is 1.22 bits per heavy atom. The molecular formula is C76H102N16O14. The van der Waals surface area contributed by atoms with E-state index in [1.54, 1.807) is 78.5 Å². The van der Waals surface area contributed by atoms with Gasteiger partial charge in [0.05, 0.1) is 48.1 Å². The van der Waals surface area contributed by atoms with Crippen LogP contribution in [0.5, 0.6) is 0 Å². The number of carbonyl (C=O) groups is 10. The number of hydrogen-bond acceptors (Lipinski definition) is 19. The zero-order valence-corrected chi connectivity index (χ0v) is 61.6. The Morgan fingerprint density at radius 2 is 0.858 bits per heavy atom. The normalized spacial score (nSPS) is 14.8. The molecule has 570 valence electrons. The first-order valence-corrected chi connectivity index (χ1v) is 35.7. The zero-order chi connectivity index (χ0) is 76.7. The average Bonchev–Trinajstić information content (AvgIpc) is 0.889. The molecule has 3 saturated heterocycles. The van der Waals surface area contributed by atoms with Crippen molar-refractivity contribution in [3.8, 4) is 0 Å². The van der Waals surface area contributed by atoms with Gasteiger partial charge in [0.2, 0.25) is 35.4 Å². The van der Waals surface area contributed by atoms with Gasteiger partial charge in [0.25, 0.3) is 0 Å². The van der Waals surface area contributed by atoms with Gasteiger partial charge in [0.15, 0.2) is 0 Å². The van der Waals surface area contributed by atoms with E-state index < -0.39 is 46.2 Å². The number of imidazole rings is 1. The standard InChI is InChI=1S/C27H38N6O6.C25H33N5O4.C24H31N5O4/c1-5-19-6-8-20(9-7-19)32-25(37)38-18-27(23(35)30-16-21-28-12-13-29-21)10-14-33(15-11-27)22(34)17-31-24(36)39-26(2,3)4;1-3-19-6-8-21(9-7-19)29-24(33)34-17-25(10-13-30(14-11-25)22(31)15-26)23(32)28-16-20-5-4-12-27-18(20)2;1-2-18-6-8-19(9-7-18)28-23(32)33-17-24(10-13-29(14-11-24)21(30)15-25)22(31)27-16-20-5-3-4-12-26-20/h6-9,12-13H,5,10-11,14-18H2,1-4H3,(H,28,29)(H,30,35)(H,31,36)(H,32,37);4-9,12H,3,10-11,13-17,26H2,1-2H3,(H,28,32)(H,29,33);3-9,12H,2,10-11,13-17,25H2,1H3,(H,27,31)(H,28,32). The maximum Gasteiger partial charge on any atom is 0.411 e. The van der Waals surface area contributed by atoms with Crippen molar-refractivity contribution in [2.45, 2.75) is 131 Å². The second-order valence-electron chi connectivity index (χ2n) is 27.2. The van der Waals surface area contributed by atoms with E-state index in [1.165, 1.54) is 0 Å². The molecule has 3 fully saturated rings. The quantitative estimate of drug-likeness (QED) is 0.0249. The minimum Gasteiger partial charge on any atom is -0.448 e. The summed E-state index contributed by atoms with van der Waals surface area (Å²) >= 11 is 0. The molecule has 3 aromatic carbocycles. The molecule has 10 amide bonds. The molecule has 0 radical (unpaired) electrons. The second kappa shape index (κ2) is 40.3. The van der Waals surface area contributed by atoms with Gasteiger partial charge in [-0.05, 0) is 162 Å². The monoisotopic (exact) mass is 1460 g/mol. The number of benzene rings is 3. The van der Waals surface area contributed by atoms with E-state index in [0.29, 0.717) is 81.3 Å². The van der Waals surface area contributed by atoms with Crippen LogP contribution in [0.4, 0.5) is 36.2 Å². The van der Waals surface area contributed by atoms with E-state index >= 15 is 0 Å². The molecule has 0 bridgehead atoms. The van der Waals surface area contributed by atoms with Crippen molar-refractivity contribution in [3.63, 3.8) is 0 Å². The molecule has 12 N–H and O–H groups in total. The van der Waals surface area contributed by atoms with Crippen LogP contribution >= 0.6 is 0 Å². The number of aromatic amines is 1. The van der Waals surface area contributed by atoms with Crippen LogP contribution in [0.2, 0.25) is 0 Å². The van der Waals surface area contributed by atoms with Crippen molar-refractivity contribution in [3.05, 3.63) is 167 Å². The van der Waals surface area contributed by atoms with Gasteiger partial charge in [0, 0.05) is 93.4 Å². The van der Waals surface area contributed by atoms with E-state index in [4.69, 9.17) is 30.4 Å². The number of amides is 10. The first-order valence-electron chi connectivity index (χ1n) is 35.7. The molecule has 30 nitrogen and oxygen atoms in total. The lowest BCUT2D eigenvalue weighted by molar-refractivity contribution is -0.142. The molecule has 9 rings (SSSR count). The van der Waals surface area contributed by atoms with Gasteiger partial charge in [-0.1, -0.05) is 69.3 Å². The number of nitrogens with zero attached hydrogens (tertiary/aromatic N) is 6. The number of anilines is 3. The summed E-state index contributed by atoms with van der Waals surface area (Å²) in [6.45, 7) is 15.3. The van der Waals surface area contributed by atoms with Crippen LogP contribution in [0.15, 0.2) is 128 Å². The van der Waals surface area contributed by atoms with Crippen molar-refractivity contribution in [2.24, 2.45) is 27.7 Å². The highest BCUT2D eigenvalue weighted by molar-refractivity contribution is 5.89. The fourth-order valence-electron chi connectivity index (χ4n) is 11.9. The first-order chi connectivity index (χ1) is 50.8. The highest BCUT2D eigenvalue weighted by Crippen LogP contribution is 2.36. The average molecular weight is 1460 g/mol.